The van der Waals surface area contributed by atoms with E-state index in [1.807, 2.05) is 7.05 Å². The fourth-order valence-electron chi connectivity index (χ4n) is 2.28. The Morgan fingerprint density at radius 1 is 1.25 bits per heavy atom. The number of piperazine rings is 1. The zero-order valence-electron chi connectivity index (χ0n) is 10.2. The lowest BCUT2D eigenvalue weighted by molar-refractivity contribution is 0.216. The molecule has 1 N–H and O–H groups in total. The predicted molar refractivity (Wildman–Crippen MR) is 69.0 cm³/mol. The number of nitrogens with zero attached hydrogens (tertiary/aromatic N) is 2. The van der Waals surface area contributed by atoms with Crippen LogP contribution in [0.5, 0.6) is 0 Å². The molecule has 3 heteroatoms. The summed E-state index contributed by atoms with van der Waals surface area (Å²) in [6, 6.07) is 11.3. The van der Waals surface area contributed by atoms with E-state index in [4.69, 9.17) is 0 Å². The summed E-state index contributed by atoms with van der Waals surface area (Å²) in [7, 11) is 4.24. The third-order valence-electron chi connectivity index (χ3n) is 3.34. The Labute approximate surface area is 98.0 Å². The molecule has 0 amide bonds. The van der Waals surface area contributed by atoms with E-state index < -0.39 is 0 Å². The lowest BCUT2D eigenvalue weighted by Crippen LogP contribution is -2.54. The van der Waals surface area contributed by atoms with Gasteiger partial charge in [-0.1, -0.05) is 18.2 Å². The van der Waals surface area contributed by atoms with Gasteiger partial charge in [0.25, 0.3) is 0 Å². The number of hydrogen-bond donors (Lipinski definition) is 1. The van der Waals surface area contributed by atoms with Gasteiger partial charge in [0, 0.05) is 37.9 Å². The second-order valence-corrected chi connectivity index (χ2v) is 4.47. The standard InChI is InChI=1S/C13H21N3/c1-14-10-13-11-16(9-8-15(13)2)12-6-4-3-5-7-12/h3-7,13-14H,8-11H2,1-2H3. The van der Waals surface area contributed by atoms with Crippen LogP contribution in [0.2, 0.25) is 0 Å². The van der Waals surface area contributed by atoms with E-state index in [-0.39, 0.29) is 0 Å². The second-order valence-electron chi connectivity index (χ2n) is 4.47. The highest BCUT2D eigenvalue weighted by Gasteiger charge is 2.23. The van der Waals surface area contributed by atoms with Crippen molar-refractivity contribution in [3.63, 3.8) is 0 Å². The first-order valence-corrected chi connectivity index (χ1v) is 5.96. The molecule has 16 heavy (non-hydrogen) atoms. The highest BCUT2D eigenvalue weighted by Crippen LogP contribution is 2.17. The smallest absolute Gasteiger partial charge is 0.0393 e. The molecule has 1 aliphatic rings. The molecular formula is C13H21N3. The van der Waals surface area contributed by atoms with Crippen LogP contribution >= 0.6 is 0 Å². The van der Waals surface area contributed by atoms with Crippen molar-refractivity contribution in [2.45, 2.75) is 6.04 Å². The minimum Gasteiger partial charge on any atom is -0.369 e. The quantitative estimate of drug-likeness (QED) is 0.819. The summed E-state index contributed by atoms with van der Waals surface area (Å²) in [5.74, 6) is 0. The van der Waals surface area contributed by atoms with Crippen molar-refractivity contribution >= 4 is 5.69 Å². The molecule has 1 aliphatic heterocycles. The molecule has 1 saturated heterocycles. The number of anilines is 1. The van der Waals surface area contributed by atoms with Crippen LogP contribution in [0.4, 0.5) is 5.69 Å². The van der Waals surface area contributed by atoms with Gasteiger partial charge >= 0.3 is 0 Å². The summed E-state index contributed by atoms with van der Waals surface area (Å²) in [5, 5.41) is 3.27. The molecule has 1 aromatic carbocycles. The first kappa shape index (κ1) is 11.4. The number of hydrogen-bond acceptors (Lipinski definition) is 3. The van der Waals surface area contributed by atoms with Crippen LogP contribution < -0.4 is 10.2 Å². The number of benzene rings is 1. The molecule has 0 spiro atoms. The van der Waals surface area contributed by atoms with Crippen LogP contribution in [-0.2, 0) is 0 Å². The molecule has 1 aromatic rings. The zero-order valence-corrected chi connectivity index (χ0v) is 10.2. The molecule has 0 radical (unpaired) electrons. The monoisotopic (exact) mass is 219 g/mol. The average Bonchev–Trinajstić information content (AvgIpc) is 2.33. The van der Waals surface area contributed by atoms with Gasteiger partial charge in [0.1, 0.15) is 0 Å². The van der Waals surface area contributed by atoms with Crippen LogP contribution in [0.15, 0.2) is 30.3 Å². The van der Waals surface area contributed by atoms with Crippen LogP contribution in [0.3, 0.4) is 0 Å². The SMILES string of the molecule is CNCC1CN(c2ccccc2)CCN1C. The van der Waals surface area contributed by atoms with Crippen LogP contribution in [-0.4, -0.2) is 51.2 Å². The van der Waals surface area contributed by atoms with E-state index in [1.165, 1.54) is 5.69 Å². The maximum atomic E-state index is 3.27. The van der Waals surface area contributed by atoms with Gasteiger partial charge in [-0.3, -0.25) is 4.90 Å². The molecule has 1 fully saturated rings. The Kier molecular flexibility index (Phi) is 3.80. The molecular weight excluding hydrogens is 198 g/mol. The molecule has 2 rings (SSSR count). The largest absolute Gasteiger partial charge is 0.369 e. The van der Waals surface area contributed by atoms with E-state index >= 15 is 0 Å². The fraction of sp³-hybridized carbons (Fsp3) is 0.538. The topological polar surface area (TPSA) is 18.5 Å². The minimum atomic E-state index is 0.610. The van der Waals surface area contributed by atoms with Crippen LogP contribution in [0, 0.1) is 0 Å². The summed E-state index contributed by atoms with van der Waals surface area (Å²) in [6.45, 7) is 4.43. The molecule has 0 saturated carbocycles. The summed E-state index contributed by atoms with van der Waals surface area (Å²) in [6.07, 6.45) is 0. The van der Waals surface area contributed by atoms with E-state index in [0.717, 1.165) is 26.2 Å². The Morgan fingerprint density at radius 2 is 2.00 bits per heavy atom. The fourth-order valence-corrected chi connectivity index (χ4v) is 2.28. The van der Waals surface area contributed by atoms with Gasteiger partial charge in [0.15, 0.2) is 0 Å². The van der Waals surface area contributed by atoms with E-state index in [1.54, 1.807) is 0 Å². The summed E-state index contributed by atoms with van der Waals surface area (Å²) in [4.78, 5) is 4.91. The third-order valence-corrected chi connectivity index (χ3v) is 3.34. The van der Waals surface area contributed by atoms with Crippen molar-refractivity contribution in [2.24, 2.45) is 0 Å². The third kappa shape index (κ3) is 2.54. The van der Waals surface area contributed by atoms with Gasteiger partial charge in [-0.2, -0.15) is 0 Å². The number of nitrogens with one attached hydrogen (secondary N) is 1. The lowest BCUT2D eigenvalue weighted by atomic mass is 10.1. The summed E-state index contributed by atoms with van der Waals surface area (Å²) < 4.78 is 0. The predicted octanol–water partition coefficient (Wildman–Crippen LogP) is 1.03. The maximum absolute atomic E-state index is 3.27. The van der Waals surface area contributed by atoms with Crippen LogP contribution in [0.1, 0.15) is 0 Å². The lowest BCUT2D eigenvalue weighted by Gasteiger charge is -2.40. The van der Waals surface area contributed by atoms with E-state index in [9.17, 15) is 0 Å². The molecule has 0 bridgehead atoms. The molecule has 0 aliphatic carbocycles. The molecule has 1 heterocycles. The van der Waals surface area contributed by atoms with Crippen molar-refractivity contribution in [1.82, 2.24) is 10.2 Å². The van der Waals surface area contributed by atoms with Gasteiger partial charge in [-0.15, -0.1) is 0 Å². The zero-order chi connectivity index (χ0) is 11.4. The second kappa shape index (κ2) is 5.32. The van der Waals surface area contributed by atoms with Crippen molar-refractivity contribution in [3.05, 3.63) is 30.3 Å². The Hall–Kier alpha value is -1.06. The Morgan fingerprint density at radius 3 is 2.69 bits per heavy atom. The Bertz CT molecular complexity index is 312. The Balaban J connectivity index is 2.03. The summed E-state index contributed by atoms with van der Waals surface area (Å²) >= 11 is 0. The highest BCUT2D eigenvalue weighted by molar-refractivity contribution is 5.46. The summed E-state index contributed by atoms with van der Waals surface area (Å²) in [5.41, 5.74) is 1.34. The molecule has 3 nitrogen and oxygen atoms in total. The van der Waals surface area contributed by atoms with Gasteiger partial charge < -0.3 is 10.2 Å². The van der Waals surface area contributed by atoms with Crippen molar-refractivity contribution in [2.75, 3.05) is 45.2 Å². The van der Waals surface area contributed by atoms with Crippen LogP contribution in [0.25, 0.3) is 0 Å². The molecule has 88 valence electrons. The van der Waals surface area contributed by atoms with Crippen molar-refractivity contribution in [1.29, 1.82) is 0 Å². The minimum absolute atomic E-state index is 0.610. The molecule has 1 atom stereocenters. The van der Waals surface area contributed by atoms with Gasteiger partial charge in [-0.25, -0.2) is 0 Å². The molecule has 0 aromatic heterocycles. The first-order chi connectivity index (χ1) is 7.81. The van der Waals surface area contributed by atoms with E-state index in [0.29, 0.717) is 6.04 Å². The van der Waals surface area contributed by atoms with E-state index in [2.05, 4.69) is 52.5 Å². The van der Waals surface area contributed by atoms with Crippen molar-refractivity contribution in [3.8, 4) is 0 Å². The number of para-hydroxylation sites is 1. The van der Waals surface area contributed by atoms with Crippen molar-refractivity contribution < 1.29 is 0 Å². The first-order valence-electron chi connectivity index (χ1n) is 5.96. The van der Waals surface area contributed by atoms with Gasteiger partial charge in [0.05, 0.1) is 0 Å². The van der Waals surface area contributed by atoms with Gasteiger partial charge in [-0.05, 0) is 26.2 Å². The normalized spacial score (nSPS) is 22.4. The average molecular weight is 219 g/mol. The highest BCUT2D eigenvalue weighted by atomic mass is 15.3. The number of rotatable bonds is 3. The maximum Gasteiger partial charge on any atom is 0.0393 e. The number of likely N-dealkylation sites (N-methyl/N-ethyl adjacent to an activating group) is 2. The van der Waals surface area contributed by atoms with Gasteiger partial charge in [0.2, 0.25) is 0 Å². The molecule has 1 unspecified atom stereocenters.